The van der Waals surface area contributed by atoms with Gasteiger partial charge >= 0.3 is 11.7 Å². The maximum absolute atomic E-state index is 11.5. The van der Waals surface area contributed by atoms with Crippen LogP contribution in [0.3, 0.4) is 0 Å². The summed E-state index contributed by atoms with van der Waals surface area (Å²) < 4.78 is 10.4. The summed E-state index contributed by atoms with van der Waals surface area (Å²) in [5, 5.41) is 11.1. The number of esters is 1. The smallest absolute Gasteiger partial charge is 0.412 e. The molecule has 0 atom stereocenters. The van der Waals surface area contributed by atoms with Crippen molar-refractivity contribution in [2.75, 3.05) is 14.2 Å². The molecule has 0 aliphatic rings. The summed E-state index contributed by atoms with van der Waals surface area (Å²) in [6.07, 6.45) is 3.27. The van der Waals surface area contributed by atoms with Gasteiger partial charge in [-0.3, -0.25) is 0 Å². The number of aromatic nitrogens is 1. The van der Waals surface area contributed by atoms with E-state index in [9.17, 15) is 9.90 Å². The van der Waals surface area contributed by atoms with E-state index < -0.39 is 11.9 Å². The summed E-state index contributed by atoms with van der Waals surface area (Å²) >= 11 is 0. The molecular formula is C12H13NO4. The van der Waals surface area contributed by atoms with Crippen molar-refractivity contribution >= 4 is 11.7 Å². The molecule has 0 bridgehead atoms. The van der Waals surface area contributed by atoms with Gasteiger partial charge in [0.1, 0.15) is 5.95 Å². The highest BCUT2D eigenvalue weighted by molar-refractivity contribution is 6.05. The van der Waals surface area contributed by atoms with Crippen molar-refractivity contribution in [3.05, 3.63) is 41.8 Å². The molecule has 0 fully saturated rings. The van der Waals surface area contributed by atoms with E-state index in [1.807, 2.05) is 6.92 Å². The van der Waals surface area contributed by atoms with Gasteiger partial charge in [0.15, 0.2) is 12.4 Å². The molecule has 0 aromatic carbocycles. The molecule has 5 heteroatoms. The number of carbonyl (C=O) groups is 1. The van der Waals surface area contributed by atoms with Crippen molar-refractivity contribution in [2.24, 2.45) is 0 Å². The minimum atomic E-state index is -0.738. The molecular weight excluding hydrogens is 222 g/mol. The standard InChI is InChI=1S/C12H13NO4/c1-9-4-6-13(7-5-9)10(12(15)17-3)8-11(14)16-2/h4-7H,1-3H3. The summed E-state index contributed by atoms with van der Waals surface area (Å²) in [5.74, 6) is -1.40. The molecule has 90 valence electrons. The van der Waals surface area contributed by atoms with Crippen molar-refractivity contribution in [3.8, 4) is 0 Å². The Morgan fingerprint density at radius 1 is 1.29 bits per heavy atom. The predicted molar refractivity (Wildman–Crippen MR) is 57.1 cm³/mol. The van der Waals surface area contributed by atoms with E-state index in [1.54, 1.807) is 24.5 Å². The molecule has 0 saturated carbocycles. The largest absolute Gasteiger partial charge is 0.611 e. The first kappa shape index (κ1) is 12.8. The lowest BCUT2D eigenvalue weighted by Crippen LogP contribution is -2.36. The maximum Gasteiger partial charge on any atom is 0.412 e. The molecule has 0 radical (unpaired) electrons. The third-order valence-corrected chi connectivity index (χ3v) is 2.04. The molecule has 1 heterocycles. The van der Waals surface area contributed by atoms with Crippen LogP contribution in [0, 0.1) is 6.92 Å². The van der Waals surface area contributed by atoms with E-state index in [2.05, 4.69) is 15.2 Å². The number of hydrogen-bond donors (Lipinski definition) is 0. The number of methoxy groups -OCH3 is 2. The van der Waals surface area contributed by atoms with Gasteiger partial charge in [0.25, 0.3) is 0 Å². The van der Waals surface area contributed by atoms with E-state index in [-0.39, 0.29) is 5.70 Å². The zero-order valence-corrected chi connectivity index (χ0v) is 9.89. The van der Waals surface area contributed by atoms with Gasteiger partial charge in [-0.15, -0.1) is 0 Å². The van der Waals surface area contributed by atoms with Crippen molar-refractivity contribution in [3.63, 3.8) is 0 Å². The fourth-order valence-corrected chi connectivity index (χ4v) is 1.12. The average Bonchev–Trinajstić information content (AvgIpc) is 2.36. The van der Waals surface area contributed by atoms with Crippen LogP contribution in [0.4, 0.5) is 0 Å². The second-order valence-corrected chi connectivity index (χ2v) is 3.24. The number of rotatable bonds is 3. The van der Waals surface area contributed by atoms with Crippen molar-refractivity contribution < 1.29 is 23.9 Å². The van der Waals surface area contributed by atoms with Crippen LogP contribution in [0.5, 0.6) is 0 Å². The monoisotopic (exact) mass is 235 g/mol. The van der Waals surface area contributed by atoms with Gasteiger partial charge in [-0.05, 0) is 25.3 Å². The molecule has 0 N–H and O–H groups in total. The Morgan fingerprint density at radius 3 is 2.35 bits per heavy atom. The van der Waals surface area contributed by atoms with Gasteiger partial charge in [-0.25, -0.2) is 4.79 Å². The Bertz CT molecular complexity index is 470. The van der Waals surface area contributed by atoms with Crippen LogP contribution in [0.1, 0.15) is 5.56 Å². The number of carbonyl (C=O) groups excluding carboxylic acids is 1. The Balaban J connectivity index is 3.30. The Morgan fingerprint density at radius 2 is 1.88 bits per heavy atom. The summed E-state index contributed by atoms with van der Waals surface area (Å²) in [6, 6.07) is 3.59. The zero-order valence-electron chi connectivity index (χ0n) is 9.89. The summed E-state index contributed by atoms with van der Waals surface area (Å²) in [5.41, 5.74) is 3.30. The molecule has 1 rings (SSSR count). The van der Waals surface area contributed by atoms with Crippen LogP contribution < -0.4 is 9.67 Å². The van der Waals surface area contributed by atoms with Gasteiger partial charge in [0, 0.05) is 12.1 Å². The summed E-state index contributed by atoms with van der Waals surface area (Å²) in [6.45, 7) is 1.91. The van der Waals surface area contributed by atoms with Crippen LogP contribution in [0.25, 0.3) is 5.70 Å². The molecule has 0 unspecified atom stereocenters. The molecule has 0 spiro atoms. The number of nitrogens with zero attached hydrogens (tertiary/aromatic N) is 1. The minimum Gasteiger partial charge on any atom is -0.611 e. The van der Waals surface area contributed by atoms with E-state index >= 15 is 0 Å². The normalized spacial score (nSPS) is 9.12. The molecule has 0 aliphatic heterocycles. The Hall–Kier alpha value is -2.26. The van der Waals surface area contributed by atoms with Crippen molar-refractivity contribution in [2.45, 2.75) is 6.92 Å². The Labute approximate surface area is 99.2 Å². The number of aryl methyl sites for hydroxylation is 1. The molecule has 5 nitrogen and oxygen atoms in total. The van der Waals surface area contributed by atoms with E-state index in [4.69, 9.17) is 0 Å². The first-order valence-electron chi connectivity index (χ1n) is 4.87. The maximum atomic E-state index is 11.5. The number of pyridine rings is 1. The van der Waals surface area contributed by atoms with Gasteiger partial charge in [0.05, 0.1) is 7.11 Å². The fraction of sp³-hybridized carbons (Fsp3) is 0.250. The van der Waals surface area contributed by atoms with Crippen LogP contribution in [0.15, 0.2) is 36.2 Å². The highest BCUT2D eigenvalue weighted by Gasteiger charge is 2.20. The molecule has 0 saturated heterocycles. The first-order chi connectivity index (χ1) is 8.08. The topological polar surface area (TPSA) is 62.5 Å². The highest BCUT2D eigenvalue weighted by Crippen LogP contribution is 1.98. The molecule has 0 aliphatic carbocycles. The highest BCUT2D eigenvalue weighted by atomic mass is 16.6. The van der Waals surface area contributed by atoms with Crippen molar-refractivity contribution in [1.29, 1.82) is 0 Å². The summed E-state index contributed by atoms with van der Waals surface area (Å²) in [7, 11) is 2.44. The summed E-state index contributed by atoms with van der Waals surface area (Å²) in [4.78, 5) is 11.5. The molecule has 1 aromatic rings. The fourth-order valence-electron chi connectivity index (χ4n) is 1.12. The van der Waals surface area contributed by atoms with Crippen molar-refractivity contribution in [1.82, 2.24) is 0 Å². The second-order valence-electron chi connectivity index (χ2n) is 3.24. The lowest BCUT2D eigenvalue weighted by atomic mass is 10.3. The van der Waals surface area contributed by atoms with Crippen LogP contribution in [-0.2, 0) is 14.3 Å². The van der Waals surface area contributed by atoms with E-state index in [1.165, 1.54) is 18.8 Å². The van der Waals surface area contributed by atoms with Gasteiger partial charge in [0.2, 0.25) is 0 Å². The second kappa shape index (κ2) is 5.72. The third-order valence-electron chi connectivity index (χ3n) is 2.04. The van der Waals surface area contributed by atoms with Gasteiger partial charge < -0.3 is 14.6 Å². The first-order valence-corrected chi connectivity index (χ1v) is 4.87. The van der Waals surface area contributed by atoms with E-state index in [0.717, 1.165) is 5.56 Å². The molecule has 0 amide bonds. The van der Waals surface area contributed by atoms with Gasteiger partial charge in [-0.2, -0.15) is 4.57 Å². The van der Waals surface area contributed by atoms with Crippen LogP contribution >= 0.6 is 0 Å². The quantitative estimate of drug-likeness (QED) is 0.238. The predicted octanol–water partition coefficient (Wildman–Crippen LogP) is -0.257. The molecule has 1 aromatic heterocycles. The Kier molecular flexibility index (Phi) is 4.31. The molecule has 17 heavy (non-hydrogen) atoms. The zero-order chi connectivity index (χ0) is 12.8. The number of hydrogen-bond acceptors (Lipinski definition) is 4. The number of ether oxygens (including phenoxy) is 2. The SMILES string of the molecule is COC(=O)C(=C=C([O-])OC)[n+]1ccc(C)cc1. The lowest BCUT2D eigenvalue weighted by molar-refractivity contribution is -0.578. The average molecular weight is 235 g/mol. The van der Waals surface area contributed by atoms with Crippen LogP contribution in [0.2, 0.25) is 0 Å². The van der Waals surface area contributed by atoms with Crippen LogP contribution in [-0.4, -0.2) is 20.2 Å². The minimum absolute atomic E-state index is 0.0284. The van der Waals surface area contributed by atoms with E-state index in [0.29, 0.717) is 0 Å². The van der Waals surface area contributed by atoms with Gasteiger partial charge in [-0.1, -0.05) is 0 Å². The third kappa shape index (κ3) is 3.36. The lowest BCUT2D eigenvalue weighted by Gasteiger charge is -2.04.